The molecule has 0 aliphatic rings. The summed E-state index contributed by atoms with van der Waals surface area (Å²) in [7, 11) is 0. The van der Waals surface area contributed by atoms with E-state index in [0.29, 0.717) is 12.1 Å². The van der Waals surface area contributed by atoms with Crippen LogP contribution < -0.4 is 10.6 Å². The Bertz CT molecular complexity index is 939. The Morgan fingerprint density at radius 3 is 2.48 bits per heavy atom. The van der Waals surface area contributed by atoms with Gasteiger partial charge in [-0.05, 0) is 49.9 Å². The fraction of sp³-hybridized carbons (Fsp3) is 0.273. The van der Waals surface area contributed by atoms with Gasteiger partial charge in [-0.15, -0.1) is 0 Å². The summed E-state index contributed by atoms with van der Waals surface area (Å²) in [6.07, 6.45) is 2.89. The minimum atomic E-state index is -0.226. The smallest absolute Gasteiger partial charge is 0.251 e. The number of nitrogens with zero attached hydrogens (tertiary/aromatic N) is 1. The first kappa shape index (κ1) is 18.7. The lowest BCUT2D eigenvalue weighted by Crippen LogP contribution is -2.37. The molecule has 0 unspecified atom stereocenters. The number of amides is 2. The average molecular weight is 363 g/mol. The van der Waals surface area contributed by atoms with Gasteiger partial charge in [0.1, 0.15) is 0 Å². The molecule has 2 aromatic carbocycles. The number of fused-ring (bicyclic) bond motifs is 1. The Morgan fingerprint density at radius 2 is 1.70 bits per heavy atom. The summed E-state index contributed by atoms with van der Waals surface area (Å²) in [5.74, 6) is -0.402. The third-order valence-electron chi connectivity index (χ3n) is 4.47. The van der Waals surface area contributed by atoms with Gasteiger partial charge in [-0.1, -0.05) is 35.4 Å². The topological polar surface area (TPSA) is 63.1 Å². The van der Waals surface area contributed by atoms with E-state index >= 15 is 0 Å². The van der Waals surface area contributed by atoms with E-state index in [-0.39, 0.29) is 18.4 Å². The molecule has 0 saturated carbocycles. The summed E-state index contributed by atoms with van der Waals surface area (Å²) in [5, 5.41) is 6.75. The number of benzene rings is 2. The summed E-state index contributed by atoms with van der Waals surface area (Å²) >= 11 is 0. The van der Waals surface area contributed by atoms with E-state index in [1.54, 1.807) is 0 Å². The van der Waals surface area contributed by atoms with E-state index < -0.39 is 0 Å². The van der Waals surface area contributed by atoms with Crippen molar-refractivity contribution in [2.24, 2.45) is 0 Å². The zero-order chi connectivity index (χ0) is 19.2. The summed E-state index contributed by atoms with van der Waals surface area (Å²) in [6.45, 7) is 5.29. The van der Waals surface area contributed by atoms with Crippen LogP contribution in [0.1, 0.15) is 27.9 Å². The van der Waals surface area contributed by atoms with Crippen molar-refractivity contribution in [3.63, 3.8) is 0 Å². The Kier molecular flexibility index (Phi) is 5.91. The number of carbonyl (C=O) groups excluding carboxylic acids is 2. The van der Waals surface area contributed by atoms with Gasteiger partial charge >= 0.3 is 0 Å². The van der Waals surface area contributed by atoms with Gasteiger partial charge in [-0.2, -0.15) is 0 Å². The van der Waals surface area contributed by atoms with E-state index in [9.17, 15) is 9.59 Å². The molecule has 0 saturated heterocycles. The van der Waals surface area contributed by atoms with E-state index in [0.717, 1.165) is 24.1 Å². The minimum absolute atomic E-state index is 0.0156. The van der Waals surface area contributed by atoms with Gasteiger partial charge in [-0.25, -0.2) is 0 Å². The molecule has 0 aliphatic carbocycles. The van der Waals surface area contributed by atoms with Gasteiger partial charge in [0.2, 0.25) is 5.91 Å². The van der Waals surface area contributed by atoms with Crippen LogP contribution >= 0.6 is 0 Å². The van der Waals surface area contributed by atoms with Crippen LogP contribution in [0.4, 0.5) is 0 Å². The van der Waals surface area contributed by atoms with Crippen LogP contribution in [0.3, 0.4) is 0 Å². The molecular formula is C22H25N3O2. The SMILES string of the molecule is Cc1cc(C)cc(C(=O)NCC(=O)NCCCn2ccc3ccccc32)c1. The molecule has 3 aromatic rings. The second kappa shape index (κ2) is 8.54. The normalized spacial score (nSPS) is 10.7. The van der Waals surface area contributed by atoms with Gasteiger partial charge in [0, 0.05) is 30.4 Å². The van der Waals surface area contributed by atoms with Gasteiger partial charge in [0.25, 0.3) is 5.91 Å². The number of aryl methyl sites for hydroxylation is 3. The zero-order valence-corrected chi connectivity index (χ0v) is 15.8. The van der Waals surface area contributed by atoms with Crippen molar-refractivity contribution < 1.29 is 9.59 Å². The Balaban J connectivity index is 1.40. The minimum Gasteiger partial charge on any atom is -0.355 e. The molecule has 0 bridgehead atoms. The molecule has 3 rings (SSSR count). The number of hydrogen-bond acceptors (Lipinski definition) is 2. The lowest BCUT2D eigenvalue weighted by atomic mass is 10.1. The van der Waals surface area contributed by atoms with Crippen molar-refractivity contribution in [3.05, 3.63) is 71.4 Å². The highest BCUT2D eigenvalue weighted by atomic mass is 16.2. The predicted octanol–water partition coefficient (Wildman–Crippen LogP) is 3.19. The Labute approximate surface area is 159 Å². The fourth-order valence-corrected chi connectivity index (χ4v) is 3.24. The highest BCUT2D eigenvalue weighted by molar-refractivity contribution is 5.96. The maximum atomic E-state index is 12.2. The van der Waals surface area contributed by atoms with Crippen LogP contribution in [-0.4, -0.2) is 29.5 Å². The largest absolute Gasteiger partial charge is 0.355 e. The lowest BCUT2D eigenvalue weighted by molar-refractivity contribution is -0.120. The van der Waals surface area contributed by atoms with E-state index in [4.69, 9.17) is 0 Å². The molecule has 27 heavy (non-hydrogen) atoms. The predicted molar refractivity (Wildman–Crippen MR) is 108 cm³/mol. The molecule has 0 atom stereocenters. The molecule has 140 valence electrons. The van der Waals surface area contributed by atoms with Crippen molar-refractivity contribution in [2.45, 2.75) is 26.8 Å². The van der Waals surface area contributed by atoms with Crippen molar-refractivity contribution >= 4 is 22.7 Å². The molecule has 0 aliphatic heterocycles. The van der Waals surface area contributed by atoms with Gasteiger partial charge in [-0.3, -0.25) is 9.59 Å². The molecule has 5 nitrogen and oxygen atoms in total. The van der Waals surface area contributed by atoms with Gasteiger partial charge < -0.3 is 15.2 Å². The van der Waals surface area contributed by atoms with Crippen molar-refractivity contribution in [1.82, 2.24) is 15.2 Å². The van der Waals surface area contributed by atoms with Crippen LogP contribution in [0.15, 0.2) is 54.7 Å². The molecule has 0 radical (unpaired) electrons. The van der Waals surface area contributed by atoms with E-state index in [1.165, 1.54) is 10.9 Å². The number of rotatable bonds is 7. The van der Waals surface area contributed by atoms with Gasteiger partial charge in [0.05, 0.1) is 6.54 Å². The fourth-order valence-electron chi connectivity index (χ4n) is 3.24. The lowest BCUT2D eigenvalue weighted by Gasteiger charge is -2.09. The first-order valence-corrected chi connectivity index (χ1v) is 9.20. The van der Waals surface area contributed by atoms with E-state index in [2.05, 4.69) is 39.6 Å². The van der Waals surface area contributed by atoms with Crippen LogP contribution in [0, 0.1) is 13.8 Å². The molecule has 5 heteroatoms. The van der Waals surface area contributed by atoms with Crippen molar-refractivity contribution in [3.8, 4) is 0 Å². The summed E-state index contributed by atoms with van der Waals surface area (Å²) in [4.78, 5) is 24.1. The molecular weight excluding hydrogens is 338 g/mol. The highest BCUT2D eigenvalue weighted by Gasteiger charge is 2.09. The number of para-hydroxylation sites is 1. The average Bonchev–Trinajstić information content (AvgIpc) is 3.05. The number of carbonyl (C=O) groups is 2. The van der Waals surface area contributed by atoms with Crippen LogP contribution in [0.2, 0.25) is 0 Å². The monoisotopic (exact) mass is 363 g/mol. The van der Waals surface area contributed by atoms with Crippen LogP contribution in [0.25, 0.3) is 10.9 Å². The number of nitrogens with one attached hydrogen (secondary N) is 2. The first-order chi connectivity index (χ1) is 13.0. The Hall–Kier alpha value is -3.08. The van der Waals surface area contributed by atoms with Gasteiger partial charge in [0.15, 0.2) is 0 Å². The molecule has 2 amide bonds. The summed E-state index contributed by atoms with van der Waals surface area (Å²) < 4.78 is 2.18. The van der Waals surface area contributed by atoms with E-state index in [1.807, 2.05) is 44.2 Å². The maximum Gasteiger partial charge on any atom is 0.251 e. The zero-order valence-electron chi connectivity index (χ0n) is 15.8. The molecule has 1 heterocycles. The third-order valence-corrected chi connectivity index (χ3v) is 4.47. The summed E-state index contributed by atoms with van der Waals surface area (Å²) in [6, 6.07) is 16.0. The summed E-state index contributed by atoms with van der Waals surface area (Å²) in [5.41, 5.74) is 3.84. The standard InChI is InChI=1S/C22H25N3O2/c1-16-12-17(2)14-19(13-16)22(27)24-15-21(26)23-9-5-10-25-11-8-18-6-3-4-7-20(18)25/h3-4,6-8,11-14H,5,9-10,15H2,1-2H3,(H,23,26)(H,24,27). The number of hydrogen-bond donors (Lipinski definition) is 2. The first-order valence-electron chi connectivity index (χ1n) is 9.20. The van der Waals surface area contributed by atoms with Crippen LogP contribution in [-0.2, 0) is 11.3 Å². The quantitative estimate of drug-likeness (QED) is 0.633. The molecule has 1 aromatic heterocycles. The number of aromatic nitrogens is 1. The van der Waals surface area contributed by atoms with Crippen LogP contribution in [0.5, 0.6) is 0 Å². The molecule has 0 fully saturated rings. The highest BCUT2D eigenvalue weighted by Crippen LogP contribution is 2.15. The van der Waals surface area contributed by atoms with Crippen molar-refractivity contribution in [2.75, 3.05) is 13.1 Å². The van der Waals surface area contributed by atoms with Crippen molar-refractivity contribution in [1.29, 1.82) is 0 Å². The second-order valence-electron chi connectivity index (χ2n) is 6.83. The molecule has 2 N–H and O–H groups in total. The third kappa shape index (κ3) is 4.97. The second-order valence-corrected chi connectivity index (χ2v) is 6.83. The maximum absolute atomic E-state index is 12.2. The molecule has 0 spiro atoms. The Morgan fingerprint density at radius 1 is 0.963 bits per heavy atom.